The van der Waals surface area contributed by atoms with E-state index in [9.17, 15) is 4.79 Å². The summed E-state index contributed by atoms with van der Waals surface area (Å²) in [4.78, 5) is 20.0. The van der Waals surface area contributed by atoms with Crippen LogP contribution in [0.2, 0.25) is 0 Å². The number of rotatable bonds is 3. The van der Waals surface area contributed by atoms with Crippen LogP contribution in [-0.4, -0.2) is 15.1 Å². The summed E-state index contributed by atoms with van der Waals surface area (Å²) in [6, 6.07) is 17.7. The molecule has 0 saturated carbocycles. The quantitative estimate of drug-likeness (QED) is 0.355. The molecule has 0 unspecified atom stereocenters. The second-order valence-electron chi connectivity index (χ2n) is 5.47. The van der Waals surface area contributed by atoms with Gasteiger partial charge in [-0.1, -0.05) is 63.8 Å². The number of hydrogen-bond acceptors (Lipinski definition) is 4. The molecule has 2 aromatic carbocycles. The topological polar surface area (TPSA) is 62.7 Å². The van der Waals surface area contributed by atoms with Gasteiger partial charge in [-0.25, -0.2) is 0 Å². The monoisotopic (exact) mass is 335 g/mol. The lowest BCUT2D eigenvalue weighted by Gasteiger charge is -2.02. The van der Waals surface area contributed by atoms with Crippen molar-refractivity contribution in [3.63, 3.8) is 0 Å². The molecule has 0 fully saturated rings. The molecule has 1 N–H and O–H groups in total. The van der Waals surface area contributed by atoms with Crippen molar-refractivity contribution in [3.8, 4) is 0 Å². The number of para-hydroxylation sites is 1. The Bertz CT molecular complexity index is 1090. The third-order valence-corrected chi connectivity index (χ3v) is 4.74. The van der Waals surface area contributed by atoms with E-state index in [-0.39, 0.29) is 5.56 Å². The Morgan fingerprint density at radius 1 is 1.08 bits per heavy atom. The first-order chi connectivity index (χ1) is 11.7. The lowest BCUT2D eigenvalue weighted by Crippen LogP contribution is -2.38. The molecule has 5 nitrogen and oxygen atoms in total. The Morgan fingerprint density at radius 2 is 1.83 bits per heavy atom. The summed E-state index contributed by atoms with van der Waals surface area (Å²) >= 11 is 1.50. The molecule has 2 heterocycles. The van der Waals surface area contributed by atoms with Crippen molar-refractivity contribution in [1.29, 1.82) is 0 Å². The highest BCUT2D eigenvalue weighted by Gasteiger charge is 2.19. The molecule has 0 amide bonds. The van der Waals surface area contributed by atoms with Crippen molar-refractivity contribution in [2.45, 2.75) is 17.8 Å². The van der Waals surface area contributed by atoms with Crippen molar-refractivity contribution in [2.75, 3.05) is 0 Å². The second-order valence-corrected chi connectivity index (χ2v) is 6.43. The van der Waals surface area contributed by atoms with E-state index in [2.05, 4.69) is 27.2 Å². The minimum absolute atomic E-state index is 0.151. The van der Waals surface area contributed by atoms with Crippen LogP contribution in [0.15, 0.2) is 64.5 Å². The van der Waals surface area contributed by atoms with Crippen LogP contribution in [0.4, 0.5) is 0 Å². The number of nitrogens with zero attached hydrogens (tertiary/aromatic N) is 3. The van der Waals surface area contributed by atoms with Gasteiger partial charge in [0.15, 0.2) is 5.52 Å². The molecule has 0 aliphatic rings. The number of aromatic nitrogens is 4. The third-order valence-electron chi connectivity index (χ3n) is 3.80. The number of hydrogen-bond donors (Lipinski definition) is 1. The molecule has 4 aromatic rings. The van der Waals surface area contributed by atoms with E-state index in [1.165, 1.54) is 17.3 Å². The van der Waals surface area contributed by atoms with E-state index < -0.39 is 0 Å². The molecule has 0 atom stereocenters. The number of thioether (sulfide) groups is 1. The first-order valence-corrected chi connectivity index (χ1v) is 8.59. The van der Waals surface area contributed by atoms with E-state index in [0.717, 1.165) is 16.7 Å². The molecular weight excluding hydrogens is 320 g/mol. The molecule has 0 spiro atoms. The van der Waals surface area contributed by atoms with E-state index in [1.807, 2.05) is 49.4 Å². The predicted octanol–water partition coefficient (Wildman–Crippen LogP) is 2.66. The molecule has 118 valence electrons. The van der Waals surface area contributed by atoms with Gasteiger partial charge in [0.2, 0.25) is 10.7 Å². The molecular formula is C18H15N4OS+. The van der Waals surface area contributed by atoms with Gasteiger partial charge in [0.05, 0.1) is 5.39 Å². The van der Waals surface area contributed by atoms with Crippen LogP contribution in [-0.2, 0) is 5.75 Å². The van der Waals surface area contributed by atoms with E-state index in [0.29, 0.717) is 16.5 Å². The van der Waals surface area contributed by atoms with Crippen LogP contribution in [0.5, 0.6) is 0 Å². The molecule has 0 aliphatic carbocycles. The van der Waals surface area contributed by atoms with Gasteiger partial charge >= 0.3 is 11.4 Å². The van der Waals surface area contributed by atoms with Crippen LogP contribution < -0.4 is 10.1 Å². The third kappa shape index (κ3) is 2.65. The van der Waals surface area contributed by atoms with Crippen LogP contribution in [0.1, 0.15) is 11.4 Å². The first-order valence-electron chi connectivity index (χ1n) is 7.61. The second kappa shape index (κ2) is 6.05. The van der Waals surface area contributed by atoms with E-state index >= 15 is 0 Å². The van der Waals surface area contributed by atoms with Crippen LogP contribution >= 0.6 is 11.8 Å². The van der Waals surface area contributed by atoms with Gasteiger partial charge in [0.1, 0.15) is 0 Å². The van der Waals surface area contributed by atoms with Crippen LogP contribution in [0.25, 0.3) is 16.4 Å². The average Bonchev–Trinajstić information content (AvgIpc) is 2.61. The number of benzene rings is 2. The molecule has 0 saturated heterocycles. The summed E-state index contributed by atoms with van der Waals surface area (Å²) in [5, 5.41) is 5.95. The Balaban J connectivity index is 1.81. The summed E-state index contributed by atoms with van der Waals surface area (Å²) in [5.41, 5.74) is 2.36. The lowest BCUT2D eigenvalue weighted by molar-refractivity contribution is -0.596. The van der Waals surface area contributed by atoms with Crippen molar-refractivity contribution >= 4 is 28.2 Å². The van der Waals surface area contributed by atoms with Gasteiger partial charge < -0.3 is 0 Å². The minimum Gasteiger partial charge on any atom is -0.295 e. The van der Waals surface area contributed by atoms with Gasteiger partial charge in [-0.2, -0.15) is 0 Å². The fourth-order valence-electron chi connectivity index (χ4n) is 2.67. The standard InChI is InChI=1S/C18H14N4OS/c1-12-19-15-10-6-5-9-14(15)16-17(23)20-18(21-22(12)16)24-11-13-7-3-2-4-8-13/h2-10H,11H2,1H3/p+1. The Labute approximate surface area is 142 Å². The molecule has 0 bridgehead atoms. The Morgan fingerprint density at radius 3 is 2.67 bits per heavy atom. The van der Waals surface area contributed by atoms with Gasteiger partial charge in [-0.3, -0.25) is 9.78 Å². The number of H-pyrrole nitrogens is 1. The predicted molar refractivity (Wildman–Crippen MR) is 94.1 cm³/mol. The normalized spacial score (nSPS) is 11.2. The fraction of sp³-hybridized carbons (Fsp3) is 0.111. The highest BCUT2D eigenvalue weighted by molar-refractivity contribution is 7.98. The zero-order chi connectivity index (χ0) is 16.5. The zero-order valence-corrected chi connectivity index (χ0v) is 13.9. The maximum Gasteiger partial charge on any atom is 0.321 e. The fourth-order valence-corrected chi connectivity index (χ4v) is 3.47. The molecule has 24 heavy (non-hydrogen) atoms. The smallest absolute Gasteiger partial charge is 0.295 e. The largest absolute Gasteiger partial charge is 0.321 e. The SMILES string of the molecule is Cc1nc2ccccc2c2c(=O)[nH]c(SCc3ccccc3)n[n+]12. The van der Waals surface area contributed by atoms with Gasteiger partial charge in [0, 0.05) is 12.7 Å². The summed E-state index contributed by atoms with van der Waals surface area (Å²) in [7, 11) is 0. The number of nitrogens with one attached hydrogen (secondary N) is 1. The summed E-state index contributed by atoms with van der Waals surface area (Å²) in [6.45, 7) is 1.86. The molecule has 0 aliphatic heterocycles. The van der Waals surface area contributed by atoms with E-state index in [4.69, 9.17) is 0 Å². The Kier molecular flexibility index (Phi) is 3.74. The van der Waals surface area contributed by atoms with Crippen molar-refractivity contribution in [2.24, 2.45) is 0 Å². The van der Waals surface area contributed by atoms with Crippen molar-refractivity contribution in [1.82, 2.24) is 15.1 Å². The first kappa shape index (κ1) is 14.8. The highest BCUT2D eigenvalue weighted by Crippen LogP contribution is 2.18. The summed E-state index contributed by atoms with van der Waals surface area (Å²) in [5.74, 6) is 1.44. The zero-order valence-electron chi connectivity index (χ0n) is 13.1. The molecule has 2 aromatic heterocycles. The summed E-state index contributed by atoms with van der Waals surface area (Å²) in [6.07, 6.45) is 0. The summed E-state index contributed by atoms with van der Waals surface area (Å²) < 4.78 is 1.63. The number of aromatic amines is 1. The minimum atomic E-state index is -0.151. The van der Waals surface area contributed by atoms with E-state index in [1.54, 1.807) is 4.52 Å². The molecule has 4 rings (SSSR count). The van der Waals surface area contributed by atoms with Gasteiger partial charge in [-0.05, 0) is 22.7 Å². The Hall–Kier alpha value is -2.73. The highest BCUT2D eigenvalue weighted by atomic mass is 32.2. The lowest BCUT2D eigenvalue weighted by atomic mass is 10.2. The van der Waals surface area contributed by atoms with Crippen LogP contribution in [0.3, 0.4) is 0 Å². The molecule has 0 radical (unpaired) electrons. The van der Waals surface area contributed by atoms with Gasteiger partial charge in [-0.15, -0.1) is 0 Å². The van der Waals surface area contributed by atoms with Gasteiger partial charge in [0.25, 0.3) is 0 Å². The number of aryl methyl sites for hydroxylation is 1. The van der Waals surface area contributed by atoms with Crippen molar-refractivity contribution < 1.29 is 4.52 Å². The average molecular weight is 335 g/mol. The van der Waals surface area contributed by atoms with Crippen LogP contribution in [0, 0.1) is 6.92 Å². The van der Waals surface area contributed by atoms with Crippen molar-refractivity contribution in [3.05, 3.63) is 76.3 Å². The maximum absolute atomic E-state index is 12.6. The molecule has 6 heteroatoms. The maximum atomic E-state index is 12.6. The number of fused-ring (bicyclic) bond motifs is 3.